The molecule has 0 saturated heterocycles. The van der Waals surface area contributed by atoms with Crippen molar-refractivity contribution in [2.24, 2.45) is 0 Å². The van der Waals surface area contributed by atoms with Crippen LogP contribution in [0, 0.1) is 0 Å². The minimum atomic E-state index is -1.03. The van der Waals surface area contributed by atoms with Crippen LogP contribution in [0.4, 0.5) is 0 Å². The third-order valence-corrected chi connectivity index (χ3v) is 2.10. The van der Waals surface area contributed by atoms with Gasteiger partial charge in [-0.1, -0.05) is 13.0 Å². The molecule has 0 aromatic heterocycles. The van der Waals surface area contributed by atoms with Crippen molar-refractivity contribution in [3.05, 3.63) is 23.8 Å². The second-order valence-electron chi connectivity index (χ2n) is 3.24. The highest BCUT2D eigenvalue weighted by atomic mass is 16.5. The number of aliphatic carboxylic acids is 1. The lowest BCUT2D eigenvalue weighted by atomic mass is 10.1. The van der Waals surface area contributed by atoms with Crippen molar-refractivity contribution in [3.8, 4) is 11.5 Å². The molecule has 0 amide bonds. The Hall–Kier alpha value is -1.71. The van der Waals surface area contributed by atoms with E-state index in [0.717, 1.165) is 12.0 Å². The number of rotatable bonds is 4. The summed E-state index contributed by atoms with van der Waals surface area (Å²) in [6.07, 6.45) is -0.197. The summed E-state index contributed by atoms with van der Waals surface area (Å²) in [4.78, 5) is 10.5. The van der Waals surface area contributed by atoms with Gasteiger partial charge in [0.15, 0.2) is 6.10 Å². The van der Waals surface area contributed by atoms with Gasteiger partial charge in [0.2, 0.25) is 0 Å². The van der Waals surface area contributed by atoms with E-state index in [1.807, 2.05) is 6.92 Å². The number of hydrogen-bond donors (Lipinski definition) is 2. The molecule has 82 valence electrons. The van der Waals surface area contributed by atoms with E-state index in [0.29, 0.717) is 5.75 Å². The molecule has 4 heteroatoms. The Morgan fingerprint density at radius 3 is 2.67 bits per heavy atom. The Morgan fingerprint density at radius 2 is 2.20 bits per heavy atom. The van der Waals surface area contributed by atoms with E-state index >= 15 is 0 Å². The molecular formula is C11H14O4. The molecule has 0 spiro atoms. The van der Waals surface area contributed by atoms with Gasteiger partial charge in [0, 0.05) is 6.07 Å². The van der Waals surface area contributed by atoms with Gasteiger partial charge in [0.25, 0.3) is 0 Å². The summed E-state index contributed by atoms with van der Waals surface area (Å²) < 4.78 is 5.10. The van der Waals surface area contributed by atoms with Crippen LogP contribution in [0.3, 0.4) is 0 Å². The van der Waals surface area contributed by atoms with Gasteiger partial charge in [-0.25, -0.2) is 4.79 Å². The highest BCUT2D eigenvalue weighted by Crippen LogP contribution is 2.24. The molecule has 1 unspecified atom stereocenters. The Morgan fingerprint density at radius 1 is 1.53 bits per heavy atom. The third-order valence-electron chi connectivity index (χ3n) is 2.10. The predicted molar refractivity (Wildman–Crippen MR) is 55.2 cm³/mol. The van der Waals surface area contributed by atoms with Crippen molar-refractivity contribution < 1.29 is 19.7 Å². The molecule has 4 nitrogen and oxygen atoms in total. The second-order valence-corrected chi connectivity index (χ2v) is 3.24. The van der Waals surface area contributed by atoms with Crippen molar-refractivity contribution in [3.63, 3.8) is 0 Å². The Kier molecular flexibility index (Phi) is 3.55. The monoisotopic (exact) mass is 210 g/mol. The normalized spacial score (nSPS) is 12.1. The first-order valence-corrected chi connectivity index (χ1v) is 4.76. The quantitative estimate of drug-likeness (QED) is 0.795. The number of phenols is 1. The molecule has 1 aromatic rings. The first-order valence-electron chi connectivity index (χ1n) is 4.76. The van der Waals surface area contributed by atoms with Gasteiger partial charge >= 0.3 is 5.97 Å². The second kappa shape index (κ2) is 4.68. The summed E-state index contributed by atoms with van der Waals surface area (Å²) in [7, 11) is 0. The standard InChI is InChI=1S/C11H14O4/c1-3-8-4-5-9(6-10(8)12)15-7(2)11(13)14/h4-7,12H,3H2,1-2H3,(H,13,14). The number of phenolic OH excluding ortho intramolecular Hbond substituents is 1. The van der Waals surface area contributed by atoms with E-state index in [1.54, 1.807) is 12.1 Å². The summed E-state index contributed by atoms with van der Waals surface area (Å²) >= 11 is 0. The van der Waals surface area contributed by atoms with Gasteiger partial charge in [-0.3, -0.25) is 0 Å². The predicted octanol–water partition coefficient (Wildman–Crippen LogP) is 1.81. The Balaban J connectivity index is 2.79. The fraction of sp³-hybridized carbons (Fsp3) is 0.364. The van der Waals surface area contributed by atoms with Crippen molar-refractivity contribution in [1.29, 1.82) is 0 Å². The van der Waals surface area contributed by atoms with E-state index in [9.17, 15) is 9.90 Å². The molecule has 0 aliphatic carbocycles. The van der Waals surface area contributed by atoms with Gasteiger partial charge in [-0.2, -0.15) is 0 Å². The van der Waals surface area contributed by atoms with Crippen LogP contribution in [0.25, 0.3) is 0 Å². The van der Waals surface area contributed by atoms with Crippen LogP contribution in [0.2, 0.25) is 0 Å². The van der Waals surface area contributed by atoms with Crippen molar-refractivity contribution in [2.45, 2.75) is 26.4 Å². The van der Waals surface area contributed by atoms with Crippen LogP contribution in [0.5, 0.6) is 11.5 Å². The van der Waals surface area contributed by atoms with Gasteiger partial charge in [0.1, 0.15) is 11.5 Å². The fourth-order valence-electron chi connectivity index (χ4n) is 1.17. The van der Waals surface area contributed by atoms with Crippen LogP contribution in [-0.2, 0) is 11.2 Å². The smallest absolute Gasteiger partial charge is 0.344 e. The number of benzene rings is 1. The van der Waals surface area contributed by atoms with Gasteiger partial charge in [0.05, 0.1) is 0 Å². The number of aromatic hydroxyl groups is 1. The maximum absolute atomic E-state index is 10.5. The first kappa shape index (κ1) is 11.4. The molecule has 0 bridgehead atoms. The molecule has 1 atom stereocenters. The number of carboxylic acids is 1. The first-order chi connectivity index (χ1) is 7.04. The molecule has 0 heterocycles. The maximum atomic E-state index is 10.5. The van der Waals surface area contributed by atoms with Crippen LogP contribution in [0.15, 0.2) is 18.2 Å². The molecule has 15 heavy (non-hydrogen) atoms. The van der Waals surface area contributed by atoms with Crippen LogP contribution in [-0.4, -0.2) is 22.3 Å². The largest absolute Gasteiger partial charge is 0.508 e. The third kappa shape index (κ3) is 2.87. The lowest BCUT2D eigenvalue weighted by Gasteiger charge is -2.11. The Labute approximate surface area is 88.1 Å². The van der Waals surface area contributed by atoms with Crippen molar-refractivity contribution in [2.75, 3.05) is 0 Å². The molecule has 0 aliphatic rings. The number of carbonyl (C=O) groups is 1. The lowest BCUT2D eigenvalue weighted by molar-refractivity contribution is -0.144. The summed E-state index contributed by atoms with van der Waals surface area (Å²) in [5.74, 6) is -0.541. The topological polar surface area (TPSA) is 66.8 Å². The Bertz CT molecular complexity index is 360. The molecule has 0 fully saturated rings. The highest BCUT2D eigenvalue weighted by Gasteiger charge is 2.12. The molecule has 2 N–H and O–H groups in total. The van der Waals surface area contributed by atoms with Gasteiger partial charge in [-0.05, 0) is 25.0 Å². The molecule has 0 aliphatic heterocycles. The van der Waals surface area contributed by atoms with E-state index in [1.165, 1.54) is 13.0 Å². The van der Waals surface area contributed by atoms with Crippen molar-refractivity contribution >= 4 is 5.97 Å². The van der Waals surface area contributed by atoms with E-state index < -0.39 is 12.1 Å². The number of carboxylic acid groups (broad SMARTS) is 1. The van der Waals surface area contributed by atoms with Crippen LogP contribution < -0.4 is 4.74 Å². The minimum absolute atomic E-state index is 0.132. The zero-order chi connectivity index (χ0) is 11.4. The average Bonchev–Trinajstić information content (AvgIpc) is 2.18. The van der Waals surface area contributed by atoms with E-state index in [-0.39, 0.29) is 5.75 Å². The average molecular weight is 210 g/mol. The van der Waals surface area contributed by atoms with Gasteiger partial charge in [-0.15, -0.1) is 0 Å². The summed E-state index contributed by atoms with van der Waals surface area (Å²) in [6, 6.07) is 4.80. The van der Waals surface area contributed by atoms with E-state index in [4.69, 9.17) is 9.84 Å². The summed E-state index contributed by atoms with van der Waals surface area (Å²) in [6.45, 7) is 3.36. The van der Waals surface area contributed by atoms with E-state index in [2.05, 4.69) is 0 Å². The molecular weight excluding hydrogens is 196 g/mol. The fourth-order valence-corrected chi connectivity index (χ4v) is 1.17. The lowest BCUT2D eigenvalue weighted by Crippen LogP contribution is -2.22. The van der Waals surface area contributed by atoms with Crippen molar-refractivity contribution in [1.82, 2.24) is 0 Å². The number of hydrogen-bond acceptors (Lipinski definition) is 3. The molecule has 0 radical (unpaired) electrons. The number of ether oxygens (including phenoxy) is 1. The SMILES string of the molecule is CCc1ccc(OC(C)C(=O)O)cc1O. The minimum Gasteiger partial charge on any atom is -0.508 e. The number of aryl methyl sites for hydroxylation is 1. The molecule has 1 rings (SSSR count). The van der Waals surface area contributed by atoms with Gasteiger partial charge < -0.3 is 14.9 Å². The highest BCUT2D eigenvalue weighted by molar-refractivity contribution is 5.72. The molecule has 1 aromatic carbocycles. The zero-order valence-corrected chi connectivity index (χ0v) is 8.73. The maximum Gasteiger partial charge on any atom is 0.344 e. The summed E-state index contributed by atoms with van der Waals surface area (Å²) in [5.41, 5.74) is 0.810. The molecule has 0 saturated carbocycles. The van der Waals surface area contributed by atoms with Crippen LogP contribution in [0.1, 0.15) is 19.4 Å². The summed E-state index contributed by atoms with van der Waals surface area (Å²) in [5, 5.41) is 18.1. The zero-order valence-electron chi connectivity index (χ0n) is 8.73. The van der Waals surface area contributed by atoms with Crippen LogP contribution >= 0.6 is 0 Å².